The van der Waals surface area contributed by atoms with E-state index in [4.69, 9.17) is 5.26 Å². The number of rotatable bonds is 9. The molecule has 0 spiro atoms. The molecule has 33 heavy (non-hydrogen) atoms. The summed E-state index contributed by atoms with van der Waals surface area (Å²) in [6.45, 7) is 3.27. The highest BCUT2D eigenvalue weighted by molar-refractivity contribution is 7.90. The molecule has 0 aliphatic heterocycles. The maximum Gasteiger partial charge on any atom is 0.407 e. The van der Waals surface area contributed by atoms with Gasteiger partial charge >= 0.3 is 6.18 Å². The Hall–Kier alpha value is -2.90. The second-order valence-electron chi connectivity index (χ2n) is 8.12. The summed E-state index contributed by atoms with van der Waals surface area (Å²) in [5.74, 6) is -0.734. The third kappa shape index (κ3) is 7.58. The van der Waals surface area contributed by atoms with E-state index in [2.05, 4.69) is 10.6 Å². The highest BCUT2D eigenvalue weighted by Gasteiger charge is 2.42. The highest BCUT2D eigenvalue weighted by Crippen LogP contribution is 2.35. The number of amides is 1. The van der Waals surface area contributed by atoms with E-state index in [9.17, 15) is 26.4 Å². The molecule has 0 saturated heterocycles. The number of nitriles is 1. The molecule has 2 aromatic rings. The van der Waals surface area contributed by atoms with Crippen LogP contribution < -0.4 is 10.6 Å². The predicted molar refractivity (Wildman–Crippen MR) is 119 cm³/mol. The molecule has 0 aromatic heterocycles. The van der Waals surface area contributed by atoms with Crippen LogP contribution in [0.15, 0.2) is 53.4 Å². The molecule has 0 fully saturated rings. The number of hydrogen-bond donors (Lipinski definition) is 2. The largest absolute Gasteiger partial charge is 0.407 e. The Morgan fingerprint density at radius 2 is 1.73 bits per heavy atom. The highest BCUT2D eigenvalue weighted by atomic mass is 32.2. The van der Waals surface area contributed by atoms with Gasteiger partial charge in [-0.2, -0.15) is 18.4 Å². The summed E-state index contributed by atoms with van der Waals surface area (Å²) in [6.07, 6.45) is -3.45. The van der Waals surface area contributed by atoms with Crippen LogP contribution in [-0.2, 0) is 14.6 Å². The Bertz CT molecular complexity index is 1110. The van der Waals surface area contributed by atoms with Gasteiger partial charge in [-0.1, -0.05) is 50.2 Å². The lowest BCUT2D eigenvalue weighted by atomic mass is 9.97. The maximum absolute atomic E-state index is 13.9. The normalized spacial score (nSPS) is 13.9. The summed E-state index contributed by atoms with van der Waals surface area (Å²) in [4.78, 5) is 12.5. The third-order valence-corrected chi connectivity index (χ3v) is 6.01. The first kappa shape index (κ1) is 26.4. The first-order valence-corrected chi connectivity index (χ1v) is 12.1. The second kappa shape index (κ2) is 10.8. The van der Waals surface area contributed by atoms with Crippen LogP contribution in [0.3, 0.4) is 0 Å². The molecular weight excluding hydrogens is 455 g/mol. The molecule has 1 unspecified atom stereocenters. The van der Waals surface area contributed by atoms with Crippen molar-refractivity contribution in [3.8, 4) is 17.2 Å². The minimum atomic E-state index is -4.68. The monoisotopic (exact) mass is 481 g/mol. The van der Waals surface area contributed by atoms with Crippen LogP contribution in [-0.4, -0.2) is 39.3 Å². The van der Waals surface area contributed by atoms with Gasteiger partial charge in [-0.25, -0.2) is 8.42 Å². The van der Waals surface area contributed by atoms with Gasteiger partial charge in [0, 0.05) is 6.26 Å². The molecule has 2 aromatic carbocycles. The summed E-state index contributed by atoms with van der Waals surface area (Å²) >= 11 is 0. The molecule has 178 valence electrons. The smallest absolute Gasteiger partial charge is 0.342 e. The summed E-state index contributed by atoms with van der Waals surface area (Å²) in [5.41, 5.74) is 1.01. The van der Waals surface area contributed by atoms with Gasteiger partial charge in [-0.15, -0.1) is 0 Å². The average molecular weight is 482 g/mol. The minimum absolute atomic E-state index is 0.0614. The lowest BCUT2D eigenvalue weighted by Gasteiger charge is -2.28. The van der Waals surface area contributed by atoms with Crippen LogP contribution in [0, 0.1) is 17.2 Å². The van der Waals surface area contributed by atoms with Crippen LogP contribution in [0.1, 0.15) is 31.9 Å². The zero-order valence-electron chi connectivity index (χ0n) is 18.5. The molecule has 0 bridgehead atoms. The third-order valence-electron chi connectivity index (χ3n) is 4.90. The Morgan fingerprint density at radius 1 is 1.09 bits per heavy atom. The number of carbonyl (C=O) groups excluding carboxylic acids is 1. The van der Waals surface area contributed by atoms with E-state index in [1.54, 1.807) is 32.0 Å². The summed E-state index contributed by atoms with van der Waals surface area (Å²) in [7, 11) is -3.43. The Kier molecular flexibility index (Phi) is 8.63. The fourth-order valence-electron chi connectivity index (χ4n) is 3.33. The quantitative estimate of drug-likeness (QED) is 0.528. The number of sulfone groups is 1. The number of alkyl halides is 3. The van der Waals surface area contributed by atoms with Crippen LogP contribution >= 0.6 is 0 Å². The molecule has 2 rings (SSSR count). The van der Waals surface area contributed by atoms with Gasteiger partial charge in [0.1, 0.15) is 12.6 Å². The zero-order valence-corrected chi connectivity index (χ0v) is 19.3. The van der Waals surface area contributed by atoms with Crippen molar-refractivity contribution in [2.45, 2.75) is 43.4 Å². The van der Waals surface area contributed by atoms with Gasteiger partial charge in [-0.3, -0.25) is 10.1 Å². The molecule has 0 aliphatic rings. The Morgan fingerprint density at radius 3 is 2.24 bits per heavy atom. The van der Waals surface area contributed by atoms with Crippen LogP contribution in [0.5, 0.6) is 0 Å². The van der Waals surface area contributed by atoms with E-state index in [1.807, 2.05) is 0 Å². The fourth-order valence-corrected chi connectivity index (χ4v) is 3.99. The first-order valence-electron chi connectivity index (χ1n) is 10.2. The number of carbonyl (C=O) groups is 1. The molecule has 0 aliphatic carbocycles. The number of nitrogens with one attached hydrogen (secondary N) is 2. The first-order chi connectivity index (χ1) is 15.3. The molecule has 6 nitrogen and oxygen atoms in total. The van der Waals surface area contributed by atoms with Crippen LogP contribution in [0.25, 0.3) is 11.1 Å². The number of hydrogen-bond acceptors (Lipinski definition) is 5. The van der Waals surface area contributed by atoms with Crippen molar-refractivity contribution in [2.24, 2.45) is 5.92 Å². The van der Waals surface area contributed by atoms with Crippen molar-refractivity contribution in [1.29, 1.82) is 5.26 Å². The van der Waals surface area contributed by atoms with Gasteiger partial charge in [0.2, 0.25) is 5.91 Å². The van der Waals surface area contributed by atoms with E-state index in [-0.39, 0.29) is 29.3 Å². The molecule has 0 radical (unpaired) electrons. The van der Waals surface area contributed by atoms with Crippen molar-refractivity contribution < 1.29 is 26.4 Å². The lowest BCUT2D eigenvalue weighted by molar-refractivity contribution is -0.161. The van der Waals surface area contributed by atoms with Crippen LogP contribution in [0.4, 0.5) is 13.2 Å². The Balaban J connectivity index is 2.35. The maximum atomic E-state index is 13.9. The molecule has 0 saturated carbocycles. The summed E-state index contributed by atoms with van der Waals surface area (Å²) < 4.78 is 65.3. The van der Waals surface area contributed by atoms with Gasteiger partial charge in [0.15, 0.2) is 9.84 Å². The zero-order chi connectivity index (χ0) is 24.8. The van der Waals surface area contributed by atoms with E-state index in [1.165, 1.54) is 36.4 Å². The SMILES string of the molecule is CC(C)C[C@H](NC(c1ccc(-c2cccc(S(C)(=O)=O)c2)cc1)C(F)(F)F)C(=O)NCC#N. The number of benzene rings is 2. The van der Waals surface area contributed by atoms with E-state index >= 15 is 0 Å². The van der Waals surface area contributed by atoms with Crippen molar-refractivity contribution in [2.75, 3.05) is 12.8 Å². The van der Waals surface area contributed by atoms with Crippen molar-refractivity contribution in [3.63, 3.8) is 0 Å². The van der Waals surface area contributed by atoms with Crippen molar-refractivity contribution >= 4 is 15.7 Å². The molecule has 2 atom stereocenters. The number of nitrogens with zero attached hydrogens (tertiary/aromatic N) is 1. The second-order valence-corrected chi connectivity index (χ2v) is 10.1. The molecule has 1 amide bonds. The van der Waals surface area contributed by atoms with Gasteiger partial charge in [0.05, 0.1) is 17.0 Å². The topological polar surface area (TPSA) is 99.1 Å². The number of halogens is 3. The predicted octanol–water partition coefficient (Wildman–Crippen LogP) is 4.00. The summed E-state index contributed by atoms with van der Waals surface area (Å²) in [6, 6.07) is 10.2. The van der Waals surface area contributed by atoms with E-state index in [0.717, 1.165) is 6.26 Å². The van der Waals surface area contributed by atoms with Crippen LogP contribution in [0.2, 0.25) is 0 Å². The average Bonchev–Trinajstić information content (AvgIpc) is 2.73. The van der Waals surface area contributed by atoms with Crippen molar-refractivity contribution in [3.05, 3.63) is 54.1 Å². The van der Waals surface area contributed by atoms with Gasteiger partial charge in [0.25, 0.3) is 0 Å². The van der Waals surface area contributed by atoms with Gasteiger partial charge < -0.3 is 5.32 Å². The minimum Gasteiger partial charge on any atom is -0.342 e. The molecular formula is C23H26F3N3O3S. The fraction of sp³-hybridized carbons (Fsp3) is 0.391. The summed E-state index contributed by atoms with van der Waals surface area (Å²) in [5, 5.41) is 13.4. The van der Waals surface area contributed by atoms with Gasteiger partial charge in [-0.05, 0) is 41.2 Å². The molecule has 10 heteroatoms. The lowest BCUT2D eigenvalue weighted by Crippen LogP contribution is -2.49. The van der Waals surface area contributed by atoms with E-state index in [0.29, 0.717) is 11.1 Å². The molecule has 0 heterocycles. The van der Waals surface area contributed by atoms with Crippen molar-refractivity contribution in [1.82, 2.24) is 10.6 Å². The standard InChI is InChI=1S/C23H26F3N3O3S/c1-15(2)13-20(22(30)28-12-11-27)29-21(23(24,25)26)17-9-7-16(8-10-17)18-5-4-6-19(14-18)33(3,31)32/h4-10,14-15,20-21,29H,12-13H2,1-3H3,(H,28,30)/t20-,21?/m0/s1. The molecule has 2 N–H and O–H groups in total. The van der Waals surface area contributed by atoms with E-state index < -0.39 is 34.0 Å². The Labute approximate surface area is 191 Å².